The van der Waals surface area contributed by atoms with Crippen molar-refractivity contribution < 1.29 is 9.53 Å². The summed E-state index contributed by atoms with van der Waals surface area (Å²) in [4.78, 5) is 22.5. The second kappa shape index (κ2) is 8.05. The van der Waals surface area contributed by atoms with Gasteiger partial charge >= 0.3 is 0 Å². The molecule has 1 aliphatic rings. The van der Waals surface area contributed by atoms with E-state index in [1.807, 2.05) is 49.9 Å². The number of piperazine rings is 1. The van der Waals surface area contributed by atoms with Crippen LogP contribution in [0.4, 0.5) is 5.13 Å². The third-order valence-corrected chi connectivity index (χ3v) is 5.38. The van der Waals surface area contributed by atoms with Crippen molar-refractivity contribution in [3.05, 3.63) is 40.4 Å². The molecule has 0 aliphatic carbocycles. The van der Waals surface area contributed by atoms with E-state index in [0.717, 1.165) is 44.2 Å². The molecule has 0 spiro atoms. The van der Waals surface area contributed by atoms with Crippen LogP contribution < -0.4 is 10.5 Å². The summed E-state index contributed by atoms with van der Waals surface area (Å²) in [5.74, 6) is 0.875. The molecular formula is C19H26N4O2S. The van der Waals surface area contributed by atoms with Crippen molar-refractivity contribution in [2.75, 3.05) is 31.9 Å². The quantitative estimate of drug-likeness (QED) is 0.871. The molecule has 2 N–H and O–H groups in total. The SMILES string of the molecule is Cc1nc(N)sc1CN1CCN(C(=O)c2ccc(OC(C)C)cc2)CC1. The Labute approximate surface area is 158 Å². The average Bonchev–Trinajstić information content (AvgIpc) is 2.92. The van der Waals surface area contributed by atoms with Crippen LogP contribution in [-0.4, -0.2) is 53.0 Å². The molecule has 3 rings (SSSR count). The molecule has 1 fully saturated rings. The molecule has 0 atom stereocenters. The predicted molar refractivity (Wildman–Crippen MR) is 105 cm³/mol. The van der Waals surface area contributed by atoms with Gasteiger partial charge in [-0.25, -0.2) is 4.98 Å². The third-order valence-electron chi connectivity index (χ3n) is 4.41. The lowest BCUT2D eigenvalue weighted by molar-refractivity contribution is 0.0629. The van der Waals surface area contributed by atoms with Crippen molar-refractivity contribution in [1.82, 2.24) is 14.8 Å². The zero-order valence-electron chi connectivity index (χ0n) is 15.6. The van der Waals surface area contributed by atoms with Crippen LogP contribution in [0.1, 0.15) is 34.8 Å². The van der Waals surface area contributed by atoms with Crippen molar-refractivity contribution >= 4 is 22.4 Å². The minimum Gasteiger partial charge on any atom is -0.491 e. The zero-order chi connectivity index (χ0) is 18.7. The van der Waals surface area contributed by atoms with Crippen LogP contribution in [0.2, 0.25) is 0 Å². The van der Waals surface area contributed by atoms with Gasteiger partial charge in [0.25, 0.3) is 5.91 Å². The number of aryl methyl sites for hydroxylation is 1. The van der Waals surface area contributed by atoms with Crippen molar-refractivity contribution in [2.24, 2.45) is 0 Å². The van der Waals surface area contributed by atoms with Crippen molar-refractivity contribution in [3.8, 4) is 5.75 Å². The zero-order valence-corrected chi connectivity index (χ0v) is 16.4. The van der Waals surface area contributed by atoms with Crippen LogP contribution in [0.3, 0.4) is 0 Å². The lowest BCUT2D eigenvalue weighted by Gasteiger charge is -2.34. The molecule has 1 saturated heterocycles. The van der Waals surface area contributed by atoms with E-state index in [0.29, 0.717) is 10.7 Å². The first-order chi connectivity index (χ1) is 12.4. The molecular weight excluding hydrogens is 348 g/mol. The summed E-state index contributed by atoms with van der Waals surface area (Å²) >= 11 is 1.55. The Bertz CT molecular complexity index is 749. The number of ether oxygens (including phenoxy) is 1. The fraction of sp³-hybridized carbons (Fsp3) is 0.474. The molecule has 6 nitrogen and oxygen atoms in total. The Balaban J connectivity index is 1.54. The van der Waals surface area contributed by atoms with Crippen molar-refractivity contribution in [1.29, 1.82) is 0 Å². The molecule has 2 heterocycles. The number of rotatable bonds is 5. The van der Waals surface area contributed by atoms with Crippen LogP contribution >= 0.6 is 11.3 Å². The summed E-state index contributed by atoms with van der Waals surface area (Å²) in [6.45, 7) is 10.0. The van der Waals surface area contributed by atoms with Gasteiger partial charge < -0.3 is 15.4 Å². The van der Waals surface area contributed by atoms with Gasteiger partial charge in [0.2, 0.25) is 0 Å². The number of carbonyl (C=O) groups is 1. The minimum atomic E-state index is 0.0824. The maximum absolute atomic E-state index is 12.7. The number of carbonyl (C=O) groups excluding carboxylic acids is 1. The first kappa shape index (κ1) is 18.7. The highest BCUT2D eigenvalue weighted by Crippen LogP contribution is 2.22. The van der Waals surface area contributed by atoms with Crippen LogP contribution in [0.15, 0.2) is 24.3 Å². The number of amides is 1. The summed E-state index contributed by atoms with van der Waals surface area (Å²) in [5, 5.41) is 0.621. The number of aromatic nitrogens is 1. The lowest BCUT2D eigenvalue weighted by Crippen LogP contribution is -2.48. The Hall–Kier alpha value is -2.12. The first-order valence-electron chi connectivity index (χ1n) is 8.92. The normalized spacial score (nSPS) is 15.5. The molecule has 0 radical (unpaired) electrons. The third kappa shape index (κ3) is 4.53. The number of nitrogen functional groups attached to an aromatic ring is 1. The Kier molecular flexibility index (Phi) is 5.78. The first-order valence-corrected chi connectivity index (χ1v) is 9.74. The highest BCUT2D eigenvalue weighted by molar-refractivity contribution is 7.15. The molecule has 1 aliphatic heterocycles. The largest absolute Gasteiger partial charge is 0.491 e. The van der Waals surface area contributed by atoms with E-state index in [4.69, 9.17) is 10.5 Å². The van der Waals surface area contributed by atoms with Gasteiger partial charge in [0.15, 0.2) is 5.13 Å². The lowest BCUT2D eigenvalue weighted by atomic mass is 10.1. The highest BCUT2D eigenvalue weighted by atomic mass is 32.1. The van der Waals surface area contributed by atoms with Gasteiger partial charge in [-0.2, -0.15) is 0 Å². The molecule has 7 heteroatoms. The molecule has 26 heavy (non-hydrogen) atoms. The highest BCUT2D eigenvalue weighted by Gasteiger charge is 2.23. The number of nitrogens with zero attached hydrogens (tertiary/aromatic N) is 3. The Morgan fingerprint density at radius 2 is 1.88 bits per heavy atom. The van der Waals surface area contributed by atoms with E-state index >= 15 is 0 Å². The van der Waals surface area contributed by atoms with Crippen LogP contribution in [0.5, 0.6) is 5.75 Å². The van der Waals surface area contributed by atoms with E-state index in [-0.39, 0.29) is 12.0 Å². The summed E-state index contributed by atoms with van der Waals surface area (Å²) in [5.41, 5.74) is 7.49. The van der Waals surface area contributed by atoms with Gasteiger partial charge in [-0.3, -0.25) is 9.69 Å². The van der Waals surface area contributed by atoms with Crippen LogP contribution in [0.25, 0.3) is 0 Å². The van der Waals surface area contributed by atoms with E-state index < -0.39 is 0 Å². The fourth-order valence-corrected chi connectivity index (χ4v) is 3.92. The van der Waals surface area contributed by atoms with E-state index in [2.05, 4.69) is 9.88 Å². The molecule has 1 aromatic carbocycles. The average molecular weight is 375 g/mol. The maximum atomic E-state index is 12.7. The number of thiazole rings is 1. The molecule has 2 aromatic rings. The van der Waals surface area contributed by atoms with Gasteiger partial charge in [0, 0.05) is 43.2 Å². The molecule has 0 saturated carbocycles. The van der Waals surface area contributed by atoms with Gasteiger partial charge in [-0.15, -0.1) is 11.3 Å². The standard InChI is InChI=1S/C19H26N4O2S/c1-13(2)25-16-6-4-15(5-7-16)18(24)23-10-8-22(9-11-23)12-17-14(3)21-19(20)26-17/h4-7,13H,8-12H2,1-3H3,(H2,20,21). The van der Waals surface area contributed by atoms with E-state index in [1.54, 1.807) is 11.3 Å². The number of hydrogen-bond donors (Lipinski definition) is 1. The smallest absolute Gasteiger partial charge is 0.253 e. The minimum absolute atomic E-state index is 0.0824. The van der Waals surface area contributed by atoms with Gasteiger partial charge in [0.1, 0.15) is 5.75 Å². The maximum Gasteiger partial charge on any atom is 0.253 e. The molecule has 1 aromatic heterocycles. The number of anilines is 1. The second-order valence-electron chi connectivity index (χ2n) is 6.82. The van der Waals surface area contributed by atoms with Gasteiger partial charge in [0.05, 0.1) is 11.8 Å². The molecule has 1 amide bonds. The van der Waals surface area contributed by atoms with Crippen molar-refractivity contribution in [3.63, 3.8) is 0 Å². The number of nitrogens with two attached hydrogens (primary N) is 1. The number of hydrogen-bond acceptors (Lipinski definition) is 6. The summed E-state index contributed by atoms with van der Waals surface area (Å²) in [6.07, 6.45) is 0.127. The van der Waals surface area contributed by atoms with E-state index in [1.165, 1.54) is 4.88 Å². The topological polar surface area (TPSA) is 71.7 Å². The monoisotopic (exact) mass is 374 g/mol. The van der Waals surface area contributed by atoms with Gasteiger partial charge in [-0.05, 0) is 45.0 Å². The Morgan fingerprint density at radius 1 is 1.23 bits per heavy atom. The fourth-order valence-electron chi connectivity index (χ4n) is 3.04. The summed E-state index contributed by atoms with van der Waals surface area (Å²) in [6, 6.07) is 7.41. The van der Waals surface area contributed by atoms with Crippen LogP contribution in [-0.2, 0) is 6.54 Å². The van der Waals surface area contributed by atoms with Crippen molar-refractivity contribution in [2.45, 2.75) is 33.4 Å². The Morgan fingerprint density at radius 3 is 2.42 bits per heavy atom. The molecule has 0 unspecified atom stereocenters. The number of benzene rings is 1. The van der Waals surface area contributed by atoms with Crippen LogP contribution in [0, 0.1) is 6.92 Å². The summed E-state index contributed by atoms with van der Waals surface area (Å²) < 4.78 is 5.63. The van der Waals surface area contributed by atoms with Gasteiger partial charge in [-0.1, -0.05) is 0 Å². The second-order valence-corrected chi connectivity index (χ2v) is 7.94. The predicted octanol–water partition coefficient (Wildman–Crippen LogP) is 2.78. The molecule has 0 bridgehead atoms. The molecule has 140 valence electrons. The van der Waals surface area contributed by atoms with E-state index in [9.17, 15) is 4.79 Å². The summed E-state index contributed by atoms with van der Waals surface area (Å²) in [7, 11) is 0.